The molecule has 0 spiro atoms. The van der Waals surface area contributed by atoms with Gasteiger partial charge in [-0.25, -0.2) is 0 Å². The first-order valence-corrected chi connectivity index (χ1v) is 6.98. The monoisotopic (exact) mass is 257 g/mol. The van der Waals surface area contributed by atoms with Crippen LogP contribution in [0.4, 0.5) is 0 Å². The first kappa shape index (κ1) is 12.3. The fourth-order valence-corrected chi connectivity index (χ4v) is 2.57. The van der Waals surface area contributed by atoms with Gasteiger partial charge >= 0.3 is 0 Å². The molecule has 2 aromatic rings. The molecule has 0 atom stereocenters. The van der Waals surface area contributed by atoms with Crippen LogP contribution in [0.2, 0.25) is 0 Å². The van der Waals surface area contributed by atoms with Gasteiger partial charge in [-0.3, -0.25) is 4.90 Å². The Bertz CT molecular complexity index is 500. The van der Waals surface area contributed by atoms with Crippen molar-refractivity contribution in [3.8, 4) is 5.69 Å². The summed E-state index contributed by atoms with van der Waals surface area (Å²) >= 11 is 0. The standard InChI is InChI=1S/C14H19N5/c1-2-7-11-18(10-6-1)12-14-15-16-17-19(14)13-8-4-3-5-9-13/h3-5,8-9H,1-2,6-7,10-12H2. The normalized spacial score (nSPS) is 17.3. The number of hydrogen-bond acceptors (Lipinski definition) is 4. The molecule has 1 saturated heterocycles. The zero-order chi connectivity index (χ0) is 12.9. The second kappa shape index (κ2) is 5.93. The number of para-hydroxylation sites is 1. The molecule has 5 nitrogen and oxygen atoms in total. The smallest absolute Gasteiger partial charge is 0.170 e. The maximum Gasteiger partial charge on any atom is 0.170 e. The molecule has 0 radical (unpaired) electrons. The lowest BCUT2D eigenvalue weighted by Gasteiger charge is -2.18. The van der Waals surface area contributed by atoms with Gasteiger partial charge in [0.05, 0.1) is 12.2 Å². The van der Waals surface area contributed by atoms with Crippen LogP contribution in [0.1, 0.15) is 31.5 Å². The van der Waals surface area contributed by atoms with E-state index in [4.69, 9.17) is 0 Å². The maximum atomic E-state index is 4.18. The minimum atomic E-state index is 0.835. The van der Waals surface area contributed by atoms with E-state index in [1.54, 1.807) is 0 Å². The number of nitrogens with zero attached hydrogens (tertiary/aromatic N) is 5. The molecule has 1 aromatic heterocycles. The minimum absolute atomic E-state index is 0.835. The molecule has 19 heavy (non-hydrogen) atoms. The minimum Gasteiger partial charge on any atom is -0.296 e. The SMILES string of the molecule is c1ccc(-n2nnnc2CN2CCCCCC2)cc1. The summed E-state index contributed by atoms with van der Waals surface area (Å²) in [5.41, 5.74) is 1.03. The van der Waals surface area contributed by atoms with Crippen molar-refractivity contribution in [2.24, 2.45) is 0 Å². The van der Waals surface area contributed by atoms with E-state index >= 15 is 0 Å². The van der Waals surface area contributed by atoms with Crippen molar-refractivity contribution in [3.63, 3.8) is 0 Å². The third-order valence-corrected chi connectivity index (χ3v) is 3.60. The van der Waals surface area contributed by atoms with Gasteiger partial charge in [0.25, 0.3) is 0 Å². The van der Waals surface area contributed by atoms with Crippen molar-refractivity contribution < 1.29 is 0 Å². The molecule has 1 aromatic carbocycles. The Kier molecular flexibility index (Phi) is 3.83. The summed E-state index contributed by atoms with van der Waals surface area (Å²) in [7, 11) is 0. The lowest BCUT2D eigenvalue weighted by Crippen LogP contribution is -2.25. The summed E-state index contributed by atoms with van der Waals surface area (Å²) in [4.78, 5) is 2.46. The zero-order valence-electron chi connectivity index (χ0n) is 11.1. The lowest BCUT2D eigenvalue weighted by molar-refractivity contribution is 0.267. The van der Waals surface area contributed by atoms with Gasteiger partial charge < -0.3 is 0 Å². The van der Waals surface area contributed by atoms with E-state index < -0.39 is 0 Å². The van der Waals surface area contributed by atoms with Gasteiger partial charge in [-0.1, -0.05) is 31.0 Å². The molecule has 1 aliphatic heterocycles. The molecule has 100 valence electrons. The Labute approximate surface area is 113 Å². The lowest BCUT2D eigenvalue weighted by atomic mass is 10.2. The fourth-order valence-electron chi connectivity index (χ4n) is 2.57. The molecule has 1 aliphatic rings. The number of rotatable bonds is 3. The summed E-state index contributed by atoms with van der Waals surface area (Å²) in [6.45, 7) is 3.14. The van der Waals surface area contributed by atoms with Crippen LogP contribution in [-0.2, 0) is 6.54 Å². The number of aromatic nitrogens is 4. The predicted octanol–water partition coefficient (Wildman–Crippen LogP) is 2.04. The van der Waals surface area contributed by atoms with Crippen molar-refractivity contribution in [2.45, 2.75) is 32.2 Å². The van der Waals surface area contributed by atoms with Gasteiger partial charge in [0.2, 0.25) is 0 Å². The fraction of sp³-hybridized carbons (Fsp3) is 0.500. The van der Waals surface area contributed by atoms with E-state index in [9.17, 15) is 0 Å². The van der Waals surface area contributed by atoms with Crippen molar-refractivity contribution in [1.82, 2.24) is 25.1 Å². The molecule has 5 heteroatoms. The first-order valence-electron chi connectivity index (χ1n) is 6.98. The summed E-state index contributed by atoms with van der Waals surface area (Å²) in [6.07, 6.45) is 5.26. The molecule has 0 amide bonds. The van der Waals surface area contributed by atoms with Gasteiger partial charge in [0.15, 0.2) is 5.82 Å². The summed E-state index contributed by atoms with van der Waals surface area (Å²) < 4.78 is 1.84. The van der Waals surface area contributed by atoms with Crippen LogP contribution in [-0.4, -0.2) is 38.2 Å². The van der Waals surface area contributed by atoms with Gasteiger partial charge in [-0.2, -0.15) is 4.68 Å². The van der Waals surface area contributed by atoms with Gasteiger partial charge in [-0.15, -0.1) is 5.10 Å². The van der Waals surface area contributed by atoms with Gasteiger partial charge in [0.1, 0.15) is 0 Å². The molecule has 0 bridgehead atoms. The molecule has 3 rings (SSSR count). The van der Waals surface area contributed by atoms with E-state index in [1.165, 1.54) is 25.7 Å². The van der Waals surface area contributed by atoms with E-state index in [0.29, 0.717) is 0 Å². The Balaban J connectivity index is 1.76. The average molecular weight is 257 g/mol. The summed E-state index contributed by atoms with van der Waals surface area (Å²) in [5.74, 6) is 0.924. The number of likely N-dealkylation sites (tertiary alicyclic amines) is 1. The molecular weight excluding hydrogens is 238 g/mol. The largest absolute Gasteiger partial charge is 0.296 e. The molecule has 0 unspecified atom stereocenters. The van der Waals surface area contributed by atoms with Gasteiger partial charge in [-0.05, 0) is 48.5 Å². The Morgan fingerprint density at radius 1 is 0.947 bits per heavy atom. The van der Waals surface area contributed by atoms with Crippen LogP contribution in [0.3, 0.4) is 0 Å². The third kappa shape index (κ3) is 2.98. The van der Waals surface area contributed by atoms with E-state index in [2.05, 4.69) is 20.4 Å². The Morgan fingerprint density at radius 3 is 2.42 bits per heavy atom. The topological polar surface area (TPSA) is 46.8 Å². The van der Waals surface area contributed by atoms with Crippen molar-refractivity contribution in [1.29, 1.82) is 0 Å². The Hall–Kier alpha value is -1.75. The van der Waals surface area contributed by atoms with Crippen molar-refractivity contribution >= 4 is 0 Å². The third-order valence-electron chi connectivity index (χ3n) is 3.60. The van der Waals surface area contributed by atoms with E-state index in [1.807, 2.05) is 35.0 Å². The molecule has 0 saturated carbocycles. The second-order valence-corrected chi connectivity index (χ2v) is 5.03. The zero-order valence-corrected chi connectivity index (χ0v) is 11.1. The summed E-state index contributed by atoms with van der Waals surface area (Å²) in [6, 6.07) is 10.1. The molecule has 0 aliphatic carbocycles. The van der Waals surface area contributed by atoms with Crippen LogP contribution in [0, 0.1) is 0 Å². The number of benzene rings is 1. The van der Waals surface area contributed by atoms with Crippen molar-refractivity contribution in [3.05, 3.63) is 36.2 Å². The molecular formula is C14H19N5. The van der Waals surface area contributed by atoms with E-state index in [0.717, 1.165) is 31.1 Å². The summed E-state index contributed by atoms with van der Waals surface area (Å²) in [5, 5.41) is 12.1. The van der Waals surface area contributed by atoms with Crippen LogP contribution >= 0.6 is 0 Å². The Morgan fingerprint density at radius 2 is 1.68 bits per heavy atom. The molecule has 0 N–H and O–H groups in total. The number of hydrogen-bond donors (Lipinski definition) is 0. The predicted molar refractivity (Wildman–Crippen MR) is 72.9 cm³/mol. The average Bonchev–Trinajstić information content (AvgIpc) is 2.75. The highest BCUT2D eigenvalue weighted by molar-refractivity contribution is 5.30. The quantitative estimate of drug-likeness (QED) is 0.844. The maximum absolute atomic E-state index is 4.18. The van der Waals surface area contributed by atoms with Crippen LogP contribution in [0.25, 0.3) is 5.69 Å². The molecule has 1 fully saturated rings. The highest BCUT2D eigenvalue weighted by Crippen LogP contribution is 2.13. The second-order valence-electron chi connectivity index (χ2n) is 5.03. The molecule has 2 heterocycles. The first-order chi connectivity index (χ1) is 9.43. The van der Waals surface area contributed by atoms with Crippen molar-refractivity contribution in [2.75, 3.05) is 13.1 Å². The van der Waals surface area contributed by atoms with E-state index in [-0.39, 0.29) is 0 Å². The van der Waals surface area contributed by atoms with Crippen LogP contribution < -0.4 is 0 Å². The highest BCUT2D eigenvalue weighted by Gasteiger charge is 2.14. The van der Waals surface area contributed by atoms with Crippen LogP contribution in [0.5, 0.6) is 0 Å². The number of tetrazole rings is 1. The van der Waals surface area contributed by atoms with Gasteiger partial charge in [0, 0.05) is 0 Å². The highest BCUT2D eigenvalue weighted by atomic mass is 15.5. The van der Waals surface area contributed by atoms with Crippen LogP contribution in [0.15, 0.2) is 30.3 Å².